The first-order valence-electron chi connectivity index (χ1n) is 10.6. The lowest BCUT2D eigenvalue weighted by molar-refractivity contribution is -0.121. The van der Waals surface area contributed by atoms with E-state index in [0.29, 0.717) is 0 Å². The number of pyridine rings is 1. The van der Waals surface area contributed by atoms with E-state index in [0.717, 1.165) is 64.4 Å². The molecule has 8 heteroatoms. The number of amides is 1. The van der Waals surface area contributed by atoms with E-state index in [4.69, 9.17) is 5.14 Å². The van der Waals surface area contributed by atoms with E-state index in [1.165, 1.54) is 11.9 Å². The molecule has 0 bridgehead atoms. The van der Waals surface area contributed by atoms with Gasteiger partial charge in [-0.2, -0.15) is 5.10 Å². The van der Waals surface area contributed by atoms with Gasteiger partial charge >= 0.3 is 0 Å². The zero-order valence-electron chi connectivity index (χ0n) is 17.5. The molecule has 1 unspecified atom stereocenters. The summed E-state index contributed by atoms with van der Waals surface area (Å²) in [6.45, 7) is 1.80. The molecule has 4 aromatic rings. The topological polar surface area (TPSA) is 99.9 Å². The molecule has 1 aliphatic heterocycles. The minimum atomic E-state index is -0.406. The highest BCUT2D eigenvalue weighted by molar-refractivity contribution is 7.97. The summed E-state index contributed by atoms with van der Waals surface area (Å²) in [4.78, 5) is 21.0. The molecule has 162 valence electrons. The summed E-state index contributed by atoms with van der Waals surface area (Å²) < 4.78 is 0. The lowest BCUT2D eigenvalue weighted by Crippen LogP contribution is -2.36. The van der Waals surface area contributed by atoms with Crippen LogP contribution in [0, 0.1) is 0 Å². The molecule has 2 aromatic carbocycles. The Morgan fingerprint density at radius 2 is 1.97 bits per heavy atom. The third-order valence-corrected chi connectivity index (χ3v) is 6.32. The van der Waals surface area contributed by atoms with Crippen LogP contribution in [0.2, 0.25) is 0 Å². The predicted octanol–water partition coefficient (Wildman–Crippen LogP) is 4.37. The highest BCUT2D eigenvalue weighted by atomic mass is 32.2. The Hall–Kier alpha value is -3.20. The Kier molecular flexibility index (Phi) is 5.89. The molecule has 7 nitrogen and oxygen atoms in total. The van der Waals surface area contributed by atoms with Crippen LogP contribution < -0.4 is 10.5 Å². The molecule has 1 atom stereocenters. The van der Waals surface area contributed by atoms with Crippen molar-refractivity contribution in [3.63, 3.8) is 0 Å². The third-order valence-electron chi connectivity index (χ3n) is 5.80. The SMILES string of the molecule is NSc1cccc(-c2n[nH]c3ccc(NC(=O)C(c4ccccn4)N4CCCC4)cc23)c1. The summed E-state index contributed by atoms with van der Waals surface area (Å²) in [5, 5.41) is 17.4. The number of aromatic nitrogens is 3. The monoisotopic (exact) mass is 444 g/mol. The highest BCUT2D eigenvalue weighted by Crippen LogP contribution is 2.31. The minimum absolute atomic E-state index is 0.0727. The standard InChI is InChI=1S/C24H24N6OS/c25-32-18-7-5-6-16(14-18)22-19-15-17(9-10-20(19)28-29-22)27-24(31)23(30-12-3-4-13-30)21-8-1-2-11-26-21/h1-2,5-11,14-15,23H,3-4,12-13,25H2,(H,27,31)(H,28,29). The van der Waals surface area contributed by atoms with E-state index in [1.807, 2.05) is 60.7 Å². The number of fused-ring (bicyclic) bond motifs is 1. The van der Waals surface area contributed by atoms with Crippen molar-refractivity contribution in [2.75, 3.05) is 18.4 Å². The summed E-state index contributed by atoms with van der Waals surface area (Å²) >= 11 is 1.20. The molecule has 2 aromatic heterocycles. The molecule has 1 saturated heterocycles. The summed E-state index contributed by atoms with van der Waals surface area (Å²) in [5.41, 5.74) is 4.21. The second-order valence-corrected chi connectivity index (χ2v) is 8.57. The van der Waals surface area contributed by atoms with E-state index < -0.39 is 6.04 Å². The Morgan fingerprint density at radius 1 is 1.09 bits per heavy atom. The highest BCUT2D eigenvalue weighted by Gasteiger charge is 2.30. The molecule has 0 saturated carbocycles. The van der Waals surface area contributed by atoms with Crippen molar-refractivity contribution in [3.8, 4) is 11.3 Å². The number of nitrogens with one attached hydrogen (secondary N) is 2. The Labute approximate surface area is 190 Å². The number of likely N-dealkylation sites (tertiary alicyclic amines) is 1. The van der Waals surface area contributed by atoms with Gasteiger partial charge in [-0.1, -0.05) is 18.2 Å². The van der Waals surface area contributed by atoms with Crippen LogP contribution in [0.15, 0.2) is 71.8 Å². The lowest BCUT2D eigenvalue weighted by atomic mass is 10.1. The van der Waals surface area contributed by atoms with Crippen molar-refractivity contribution >= 4 is 34.4 Å². The van der Waals surface area contributed by atoms with Gasteiger partial charge in [0.15, 0.2) is 0 Å². The second-order valence-electron chi connectivity index (χ2n) is 7.87. The zero-order chi connectivity index (χ0) is 21.9. The van der Waals surface area contributed by atoms with E-state index in [2.05, 4.69) is 25.4 Å². The normalized spacial score (nSPS) is 15.2. The second kappa shape index (κ2) is 9.12. The largest absolute Gasteiger partial charge is 0.324 e. The van der Waals surface area contributed by atoms with Crippen LogP contribution in [-0.4, -0.2) is 39.1 Å². The summed E-state index contributed by atoms with van der Waals surface area (Å²) in [5.74, 6) is -0.0727. The molecule has 32 heavy (non-hydrogen) atoms. The number of benzene rings is 2. The maximum Gasteiger partial charge on any atom is 0.247 e. The van der Waals surface area contributed by atoms with Gasteiger partial charge in [0.1, 0.15) is 11.7 Å². The molecule has 4 N–H and O–H groups in total. The number of anilines is 1. The van der Waals surface area contributed by atoms with Crippen molar-refractivity contribution < 1.29 is 4.79 Å². The molecule has 5 rings (SSSR count). The Morgan fingerprint density at radius 3 is 2.75 bits per heavy atom. The fourth-order valence-electron chi connectivity index (χ4n) is 4.26. The van der Waals surface area contributed by atoms with Gasteiger partial charge in [0.2, 0.25) is 5.91 Å². The van der Waals surface area contributed by atoms with Crippen LogP contribution >= 0.6 is 11.9 Å². The maximum atomic E-state index is 13.4. The van der Waals surface area contributed by atoms with Crippen LogP contribution in [0.25, 0.3) is 22.2 Å². The van der Waals surface area contributed by atoms with Gasteiger partial charge in [-0.25, -0.2) is 0 Å². The van der Waals surface area contributed by atoms with Gasteiger partial charge < -0.3 is 5.32 Å². The minimum Gasteiger partial charge on any atom is -0.324 e. The van der Waals surface area contributed by atoms with Crippen molar-refractivity contribution in [2.45, 2.75) is 23.8 Å². The molecule has 0 radical (unpaired) electrons. The van der Waals surface area contributed by atoms with Crippen LogP contribution in [0.5, 0.6) is 0 Å². The maximum absolute atomic E-state index is 13.4. The Bertz CT molecular complexity index is 1240. The quantitative estimate of drug-likeness (QED) is 0.382. The third kappa shape index (κ3) is 4.12. The Balaban J connectivity index is 1.46. The van der Waals surface area contributed by atoms with Crippen LogP contribution in [-0.2, 0) is 4.79 Å². The van der Waals surface area contributed by atoms with Gasteiger partial charge in [-0.15, -0.1) is 0 Å². The van der Waals surface area contributed by atoms with E-state index in [-0.39, 0.29) is 5.91 Å². The van der Waals surface area contributed by atoms with Crippen molar-refractivity contribution in [1.29, 1.82) is 0 Å². The van der Waals surface area contributed by atoms with Gasteiger partial charge in [0.05, 0.1) is 11.2 Å². The number of nitrogens with two attached hydrogens (primary N) is 1. The molecule has 1 amide bonds. The number of hydrogen-bond donors (Lipinski definition) is 3. The van der Waals surface area contributed by atoms with Crippen LogP contribution in [0.3, 0.4) is 0 Å². The average molecular weight is 445 g/mol. The van der Waals surface area contributed by atoms with Crippen LogP contribution in [0.1, 0.15) is 24.6 Å². The number of carbonyl (C=O) groups excluding carboxylic acids is 1. The molecular formula is C24H24N6OS. The predicted molar refractivity (Wildman–Crippen MR) is 128 cm³/mol. The first kappa shape index (κ1) is 20.7. The van der Waals surface area contributed by atoms with Gasteiger partial charge in [0, 0.05) is 27.7 Å². The fraction of sp³-hybridized carbons (Fsp3) is 0.208. The van der Waals surface area contributed by atoms with E-state index >= 15 is 0 Å². The van der Waals surface area contributed by atoms with E-state index in [1.54, 1.807) is 6.20 Å². The van der Waals surface area contributed by atoms with E-state index in [9.17, 15) is 4.79 Å². The van der Waals surface area contributed by atoms with Crippen LogP contribution in [0.4, 0.5) is 5.69 Å². The molecule has 0 spiro atoms. The van der Waals surface area contributed by atoms with Crippen molar-refractivity contribution in [3.05, 3.63) is 72.6 Å². The molecular weight excluding hydrogens is 420 g/mol. The number of aromatic amines is 1. The van der Waals surface area contributed by atoms with Crippen molar-refractivity contribution in [2.24, 2.45) is 5.14 Å². The summed E-state index contributed by atoms with van der Waals surface area (Å²) in [6, 6.07) is 19.1. The van der Waals surface area contributed by atoms with Crippen molar-refractivity contribution in [1.82, 2.24) is 20.1 Å². The summed E-state index contributed by atoms with van der Waals surface area (Å²) in [7, 11) is 0. The smallest absolute Gasteiger partial charge is 0.247 e. The number of rotatable bonds is 6. The molecule has 0 aliphatic carbocycles. The average Bonchev–Trinajstić information content (AvgIpc) is 3.50. The first-order valence-corrected chi connectivity index (χ1v) is 11.5. The van der Waals surface area contributed by atoms with Gasteiger partial charge in [-0.3, -0.25) is 24.9 Å². The lowest BCUT2D eigenvalue weighted by Gasteiger charge is -2.26. The number of H-pyrrole nitrogens is 1. The number of hydrogen-bond acceptors (Lipinski definition) is 6. The zero-order valence-corrected chi connectivity index (χ0v) is 18.3. The number of carbonyl (C=O) groups is 1. The molecule has 1 aliphatic rings. The van der Waals surface area contributed by atoms with Gasteiger partial charge in [-0.05, 0) is 80.3 Å². The van der Waals surface area contributed by atoms with Gasteiger partial charge in [0.25, 0.3) is 0 Å². The number of nitrogens with zero attached hydrogens (tertiary/aromatic N) is 3. The molecule has 1 fully saturated rings. The molecule has 3 heterocycles. The fourth-order valence-corrected chi connectivity index (χ4v) is 4.62. The summed E-state index contributed by atoms with van der Waals surface area (Å²) in [6.07, 6.45) is 3.94. The first-order chi connectivity index (χ1) is 15.7.